The predicted molar refractivity (Wildman–Crippen MR) is 131 cm³/mol. The summed E-state index contributed by atoms with van der Waals surface area (Å²) < 4.78 is 5.60. The Hall–Kier alpha value is -1.10. The van der Waals surface area contributed by atoms with Crippen LogP contribution in [0.4, 0.5) is 0 Å². The van der Waals surface area contributed by atoms with Gasteiger partial charge in [0.25, 0.3) is 0 Å². The van der Waals surface area contributed by atoms with E-state index in [2.05, 4.69) is 13.8 Å². The molecule has 1 fully saturated rings. The van der Waals surface area contributed by atoms with Crippen LogP contribution in [0.5, 0.6) is 0 Å². The van der Waals surface area contributed by atoms with E-state index in [9.17, 15) is 40.2 Å². The Morgan fingerprint density at radius 2 is 1.31 bits per heavy atom. The molecule has 1 heterocycles. The highest BCUT2D eigenvalue weighted by Crippen LogP contribution is 2.41. The van der Waals surface area contributed by atoms with Crippen molar-refractivity contribution in [2.75, 3.05) is 0 Å². The lowest BCUT2D eigenvalue weighted by atomic mass is 9.66. The fourth-order valence-corrected chi connectivity index (χ4v) is 4.98. The Labute approximate surface area is 209 Å². The van der Waals surface area contributed by atoms with Crippen LogP contribution in [-0.2, 0) is 14.3 Å². The zero-order valence-electron chi connectivity index (χ0n) is 21.6. The van der Waals surface area contributed by atoms with E-state index in [0.717, 1.165) is 51.4 Å². The summed E-state index contributed by atoms with van der Waals surface area (Å²) in [4.78, 5) is 26.2. The quantitative estimate of drug-likeness (QED) is 0.121. The average molecular weight is 505 g/mol. The molecule has 0 aromatic heterocycles. The van der Waals surface area contributed by atoms with Gasteiger partial charge in [-0.2, -0.15) is 0 Å². The molecule has 9 heteroatoms. The Morgan fingerprint density at radius 3 is 1.83 bits per heavy atom. The van der Waals surface area contributed by atoms with Gasteiger partial charge in [0.05, 0.1) is 18.3 Å². The first kappa shape index (κ1) is 31.9. The summed E-state index contributed by atoms with van der Waals surface area (Å²) >= 11 is 0. The van der Waals surface area contributed by atoms with Crippen molar-refractivity contribution in [3.05, 3.63) is 0 Å². The number of Topliss-reactive ketones (excluding diaryl/α,β-unsaturated/α-hetero) is 1. The third-order valence-electron chi connectivity index (χ3n) is 7.28. The molecule has 0 bridgehead atoms. The maximum atomic E-state index is 13.5. The monoisotopic (exact) mass is 504 g/mol. The smallest absolute Gasteiger partial charge is 0.322 e. The van der Waals surface area contributed by atoms with Crippen LogP contribution in [0.1, 0.15) is 104 Å². The minimum atomic E-state index is -2.59. The van der Waals surface area contributed by atoms with Gasteiger partial charge in [0.15, 0.2) is 11.2 Å². The van der Waals surface area contributed by atoms with Crippen LogP contribution in [0.25, 0.3) is 0 Å². The van der Waals surface area contributed by atoms with Gasteiger partial charge in [0, 0.05) is 6.42 Å². The van der Waals surface area contributed by atoms with Gasteiger partial charge < -0.3 is 35.4 Å². The first-order chi connectivity index (χ1) is 16.5. The second-order valence-electron chi connectivity index (χ2n) is 10.1. The first-order valence-corrected chi connectivity index (χ1v) is 13.4. The SMILES string of the molecule is CCCCCCCC(O)CC(=O)C(C(=O)O)(C(O)CCCCCCC)C1O[C@@H](C)[C@H](O)[C@@H](O)[C@H]1O. The average Bonchev–Trinajstić information content (AvgIpc) is 2.80. The molecule has 0 spiro atoms. The number of carboxylic acids is 1. The van der Waals surface area contributed by atoms with Gasteiger partial charge in [-0.05, 0) is 19.8 Å². The van der Waals surface area contributed by atoms with Gasteiger partial charge >= 0.3 is 5.97 Å². The number of carboxylic acid groups (broad SMARTS) is 1. The number of hydrogen-bond acceptors (Lipinski definition) is 8. The number of aliphatic hydroxyl groups excluding tert-OH is 5. The van der Waals surface area contributed by atoms with Crippen LogP contribution in [-0.4, -0.2) is 85.1 Å². The molecule has 35 heavy (non-hydrogen) atoms. The molecule has 1 rings (SSSR count). The zero-order chi connectivity index (χ0) is 26.6. The lowest BCUT2D eigenvalue weighted by molar-refractivity contribution is -0.256. The Morgan fingerprint density at radius 1 is 0.800 bits per heavy atom. The van der Waals surface area contributed by atoms with Crippen LogP contribution < -0.4 is 0 Å². The summed E-state index contributed by atoms with van der Waals surface area (Å²) in [5.74, 6) is -2.63. The molecule has 0 aromatic carbocycles. The van der Waals surface area contributed by atoms with Crippen molar-refractivity contribution in [3.8, 4) is 0 Å². The van der Waals surface area contributed by atoms with Gasteiger partial charge in [-0.25, -0.2) is 0 Å². The van der Waals surface area contributed by atoms with Gasteiger partial charge in [-0.15, -0.1) is 0 Å². The topological polar surface area (TPSA) is 165 Å². The fraction of sp³-hybridized carbons (Fsp3) is 0.923. The number of ketones is 1. The van der Waals surface area contributed by atoms with E-state index in [1.54, 1.807) is 0 Å². The van der Waals surface area contributed by atoms with Crippen molar-refractivity contribution in [3.63, 3.8) is 0 Å². The summed E-state index contributed by atoms with van der Waals surface area (Å²) in [7, 11) is 0. The summed E-state index contributed by atoms with van der Waals surface area (Å²) in [5.41, 5.74) is -2.59. The molecule has 0 saturated carbocycles. The number of unbranched alkanes of at least 4 members (excludes halogenated alkanes) is 8. The van der Waals surface area contributed by atoms with Gasteiger partial charge in [0.1, 0.15) is 24.4 Å². The summed E-state index contributed by atoms with van der Waals surface area (Å²) in [6.45, 7) is 5.54. The second-order valence-corrected chi connectivity index (χ2v) is 10.1. The van der Waals surface area contributed by atoms with Crippen LogP contribution in [0.2, 0.25) is 0 Å². The van der Waals surface area contributed by atoms with Crippen molar-refractivity contribution in [2.24, 2.45) is 5.41 Å². The largest absolute Gasteiger partial charge is 0.480 e. The Kier molecular flexibility index (Phi) is 14.5. The van der Waals surface area contributed by atoms with Crippen molar-refractivity contribution in [1.82, 2.24) is 0 Å². The predicted octanol–water partition coefficient (Wildman–Crippen LogP) is 2.33. The lowest BCUT2D eigenvalue weighted by Crippen LogP contribution is -2.68. The molecular weight excluding hydrogens is 456 g/mol. The second kappa shape index (κ2) is 15.9. The molecule has 1 saturated heterocycles. The normalized spacial score (nSPS) is 28.3. The van der Waals surface area contributed by atoms with E-state index in [0.29, 0.717) is 19.3 Å². The molecule has 206 valence electrons. The molecule has 0 radical (unpaired) electrons. The molecule has 0 aliphatic carbocycles. The van der Waals surface area contributed by atoms with Crippen molar-refractivity contribution >= 4 is 11.8 Å². The lowest BCUT2D eigenvalue weighted by Gasteiger charge is -2.48. The highest BCUT2D eigenvalue weighted by atomic mass is 16.5. The van der Waals surface area contributed by atoms with Crippen LogP contribution in [0, 0.1) is 5.41 Å². The molecule has 8 atom stereocenters. The van der Waals surface area contributed by atoms with Crippen molar-refractivity contribution in [1.29, 1.82) is 0 Å². The third-order valence-corrected chi connectivity index (χ3v) is 7.28. The maximum Gasteiger partial charge on any atom is 0.322 e. The first-order valence-electron chi connectivity index (χ1n) is 13.4. The zero-order valence-corrected chi connectivity index (χ0v) is 21.6. The van der Waals surface area contributed by atoms with E-state index >= 15 is 0 Å². The highest BCUT2D eigenvalue weighted by molar-refractivity contribution is 6.05. The summed E-state index contributed by atoms with van der Waals surface area (Å²) in [6, 6.07) is 0. The number of carbonyl (C=O) groups excluding carboxylic acids is 1. The van der Waals surface area contributed by atoms with Crippen LogP contribution in [0.3, 0.4) is 0 Å². The Balaban J connectivity index is 3.16. The minimum absolute atomic E-state index is 0.0194. The van der Waals surface area contributed by atoms with E-state index in [-0.39, 0.29) is 6.42 Å². The number of aliphatic carboxylic acids is 1. The Bertz CT molecular complexity index is 628. The molecule has 4 unspecified atom stereocenters. The molecule has 9 nitrogen and oxygen atoms in total. The maximum absolute atomic E-state index is 13.5. The van der Waals surface area contributed by atoms with E-state index in [4.69, 9.17) is 4.74 Å². The summed E-state index contributed by atoms with van der Waals surface area (Å²) in [5, 5.41) is 63.0. The molecular formula is C26H48O9. The van der Waals surface area contributed by atoms with Gasteiger partial charge in [0.2, 0.25) is 0 Å². The van der Waals surface area contributed by atoms with Gasteiger partial charge in [-0.1, -0.05) is 78.1 Å². The number of carbonyl (C=O) groups is 2. The van der Waals surface area contributed by atoms with E-state index in [1.807, 2.05) is 0 Å². The van der Waals surface area contributed by atoms with Crippen LogP contribution >= 0.6 is 0 Å². The van der Waals surface area contributed by atoms with E-state index in [1.165, 1.54) is 6.92 Å². The van der Waals surface area contributed by atoms with Crippen molar-refractivity contribution in [2.45, 2.75) is 147 Å². The third kappa shape index (κ3) is 8.47. The highest BCUT2D eigenvalue weighted by Gasteiger charge is 2.63. The number of aliphatic hydroxyl groups is 5. The standard InChI is InChI=1S/C26H48O9/c1-4-6-8-10-12-14-18(27)16-20(29)26(25(33)34,19(28)15-13-11-9-7-5-2)24-23(32)22(31)21(30)17(3)35-24/h17-19,21-24,27-28,30-32H,4-16H2,1-3H3,(H,33,34)/t17-,18?,19?,21-,22+,23+,24?,26?/m0/s1. The van der Waals surface area contributed by atoms with Gasteiger partial charge in [-0.3, -0.25) is 9.59 Å². The van der Waals surface area contributed by atoms with Crippen molar-refractivity contribution < 1.29 is 45.0 Å². The van der Waals surface area contributed by atoms with E-state index < -0.39 is 66.3 Å². The molecule has 6 N–H and O–H groups in total. The molecule has 0 amide bonds. The number of rotatable bonds is 18. The van der Waals surface area contributed by atoms with Crippen LogP contribution in [0.15, 0.2) is 0 Å². The number of ether oxygens (including phenoxy) is 1. The molecule has 1 aliphatic heterocycles. The fourth-order valence-electron chi connectivity index (χ4n) is 4.98. The number of hydrogen-bond donors (Lipinski definition) is 6. The molecule has 0 aromatic rings. The minimum Gasteiger partial charge on any atom is -0.480 e. The molecule has 1 aliphatic rings. The summed E-state index contributed by atoms with van der Waals surface area (Å²) in [6.07, 6.45) is -2.24.